The van der Waals surface area contributed by atoms with Gasteiger partial charge in [-0.1, -0.05) is 77.7 Å². The van der Waals surface area contributed by atoms with Gasteiger partial charge < -0.3 is 19.8 Å². The van der Waals surface area contributed by atoms with Crippen LogP contribution in [-0.2, 0) is 20.9 Å². The van der Waals surface area contributed by atoms with Gasteiger partial charge in [-0.15, -0.1) is 24.9 Å². The maximum Gasteiger partial charge on any atom is 0.247 e. The van der Waals surface area contributed by atoms with E-state index >= 15 is 0 Å². The molecule has 4 aliphatic rings. The zero-order chi connectivity index (χ0) is 28.4. The van der Waals surface area contributed by atoms with E-state index in [0.29, 0.717) is 26.1 Å². The van der Waals surface area contributed by atoms with E-state index < -0.39 is 22.6 Å². The third-order valence-electron chi connectivity index (χ3n) is 9.15. The highest BCUT2D eigenvalue weighted by Crippen LogP contribution is 2.68. The lowest BCUT2D eigenvalue weighted by atomic mass is 9.70. The molecule has 216 valence electrons. The number of β-amino-alcohol motifs (C(OH)–C–C–N with tert-alkyl or cyclic N) is 1. The fourth-order valence-corrected chi connectivity index (χ4v) is 11.2. The molecule has 40 heavy (non-hydrogen) atoms. The average molecular weight is 631 g/mol. The van der Waals surface area contributed by atoms with Crippen molar-refractivity contribution in [3.8, 4) is 0 Å². The number of rotatable bonds is 11. The van der Waals surface area contributed by atoms with Gasteiger partial charge in [-0.3, -0.25) is 14.4 Å². The van der Waals surface area contributed by atoms with E-state index in [1.807, 2.05) is 35.2 Å². The molecule has 6 atom stereocenters. The Hall–Kier alpha value is -2.10. The first-order valence-corrected chi connectivity index (χ1v) is 16.3. The Balaban J connectivity index is 1.50. The van der Waals surface area contributed by atoms with Crippen LogP contribution in [0.1, 0.15) is 44.1 Å². The third-order valence-corrected chi connectivity index (χ3v) is 12.4. The highest BCUT2D eigenvalue weighted by Gasteiger charge is 2.76. The van der Waals surface area contributed by atoms with E-state index in [1.54, 1.807) is 33.7 Å². The van der Waals surface area contributed by atoms with Gasteiger partial charge in [-0.05, 0) is 24.8 Å². The van der Waals surface area contributed by atoms with Crippen LogP contribution < -0.4 is 0 Å². The summed E-state index contributed by atoms with van der Waals surface area (Å²) in [5.41, 5.74) is 1.01. The van der Waals surface area contributed by atoms with Crippen LogP contribution in [0.4, 0.5) is 0 Å². The summed E-state index contributed by atoms with van der Waals surface area (Å²) in [4.78, 5) is 48.3. The number of thioether (sulfide) groups is 1. The van der Waals surface area contributed by atoms with Crippen molar-refractivity contribution in [2.75, 3.05) is 26.2 Å². The molecular weight excluding hydrogens is 590 g/mol. The molecule has 5 rings (SSSR count). The lowest BCUT2D eigenvalue weighted by Gasteiger charge is -2.41. The number of hydrogen-bond acceptors (Lipinski definition) is 5. The molecule has 0 aromatic heterocycles. The Bertz CT molecular complexity index is 1130. The molecule has 2 bridgehead atoms. The van der Waals surface area contributed by atoms with Gasteiger partial charge in [-0.2, -0.15) is 0 Å². The van der Waals surface area contributed by atoms with E-state index in [4.69, 9.17) is 0 Å². The van der Waals surface area contributed by atoms with Crippen molar-refractivity contribution in [1.29, 1.82) is 0 Å². The standard InChI is InChI=1S/C31H40BrN3O4S/c1-3-15-33(20-21-11-7-5-8-12-21)28(37)24-25-29(38)35(17-18-36)27(31(25)19-23(32)26(24)40-31)30(39)34(16-4-2)22-13-9-6-10-14-22/h3-5,7-8,11-12,22-27,36H,1-2,6,9-10,13-20H2/t23?,24-,25+,26-,27?,31?/m1/s1. The number of carbonyl (C=O) groups is 3. The van der Waals surface area contributed by atoms with Crippen LogP contribution in [-0.4, -0.2) is 90.7 Å². The number of aliphatic hydroxyl groups excluding tert-OH is 1. The first kappa shape index (κ1) is 29.4. The highest BCUT2D eigenvalue weighted by molar-refractivity contribution is 9.09. The molecule has 1 N–H and O–H groups in total. The fraction of sp³-hybridized carbons (Fsp3) is 0.581. The average Bonchev–Trinajstić information content (AvgIpc) is 3.55. The molecule has 1 aromatic rings. The Morgan fingerprint density at radius 2 is 1.80 bits per heavy atom. The minimum atomic E-state index is -0.719. The number of halogens is 1. The third kappa shape index (κ3) is 5.07. The summed E-state index contributed by atoms with van der Waals surface area (Å²) in [5.74, 6) is -1.48. The Kier molecular flexibility index (Phi) is 9.12. The Morgan fingerprint density at radius 1 is 1.10 bits per heavy atom. The number of alkyl halides is 1. The van der Waals surface area contributed by atoms with Crippen molar-refractivity contribution in [3.05, 3.63) is 61.2 Å². The van der Waals surface area contributed by atoms with Gasteiger partial charge in [0.1, 0.15) is 6.04 Å². The van der Waals surface area contributed by atoms with E-state index in [2.05, 4.69) is 29.1 Å². The monoisotopic (exact) mass is 629 g/mol. The zero-order valence-electron chi connectivity index (χ0n) is 23.0. The predicted molar refractivity (Wildman–Crippen MR) is 162 cm³/mol. The van der Waals surface area contributed by atoms with Crippen LogP contribution in [0.3, 0.4) is 0 Å². The molecule has 1 saturated carbocycles. The molecular formula is C31H40BrN3O4S. The van der Waals surface area contributed by atoms with Crippen LogP contribution >= 0.6 is 27.7 Å². The summed E-state index contributed by atoms with van der Waals surface area (Å²) >= 11 is 5.51. The second kappa shape index (κ2) is 12.4. The molecule has 1 aliphatic carbocycles. The minimum Gasteiger partial charge on any atom is -0.395 e. The van der Waals surface area contributed by atoms with Crippen LogP contribution in [0.2, 0.25) is 0 Å². The normalized spacial score (nSPS) is 31.2. The Labute approximate surface area is 250 Å². The molecule has 4 fully saturated rings. The smallest absolute Gasteiger partial charge is 0.247 e. The molecule has 9 heteroatoms. The summed E-state index contributed by atoms with van der Waals surface area (Å²) in [6.07, 6.45) is 9.36. The summed E-state index contributed by atoms with van der Waals surface area (Å²) in [7, 11) is 0. The number of hydrogen-bond donors (Lipinski definition) is 1. The molecule has 0 radical (unpaired) electrons. The SMILES string of the molecule is C=CCN(Cc1ccccc1)C(=O)[C@H]1[C@@H]2SC3(CC2Br)C(C(=O)N(CC=C)C2CCCCC2)N(CCO)C(=O)[C@H]13. The van der Waals surface area contributed by atoms with Gasteiger partial charge in [0, 0.05) is 42.3 Å². The van der Waals surface area contributed by atoms with E-state index in [1.165, 1.54) is 6.42 Å². The van der Waals surface area contributed by atoms with Gasteiger partial charge in [-0.25, -0.2) is 0 Å². The zero-order valence-corrected chi connectivity index (χ0v) is 25.4. The first-order valence-electron chi connectivity index (χ1n) is 14.5. The van der Waals surface area contributed by atoms with Gasteiger partial charge in [0.2, 0.25) is 17.7 Å². The van der Waals surface area contributed by atoms with E-state index in [-0.39, 0.29) is 47.0 Å². The van der Waals surface area contributed by atoms with Gasteiger partial charge in [0.25, 0.3) is 0 Å². The van der Waals surface area contributed by atoms with Crippen molar-refractivity contribution in [2.45, 2.75) is 72.0 Å². The molecule has 7 nitrogen and oxygen atoms in total. The van der Waals surface area contributed by atoms with Crippen LogP contribution in [0, 0.1) is 11.8 Å². The molecule has 1 aromatic carbocycles. The highest BCUT2D eigenvalue weighted by atomic mass is 79.9. The topological polar surface area (TPSA) is 81.2 Å². The number of carbonyl (C=O) groups excluding carboxylic acids is 3. The quantitative estimate of drug-likeness (QED) is 0.296. The summed E-state index contributed by atoms with van der Waals surface area (Å²) < 4.78 is -0.719. The predicted octanol–water partition coefficient (Wildman–Crippen LogP) is 4.01. The van der Waals surface area contributed by atoms with Gasteiger partial charge >= 0.3 is 0 Å². The summed E-state index contributed by atoms with van der Waals surface area (Å²) in [5, 5.41) is 9.86. The van der Waals surface area contributed by atoms with Gasteiger partial charge in [0.05, 0.1) is 23.2 Å². The maximum absolute atomic E-state index is 14.5. The summed E-state index contributed by atoms with van der Waals surface area (Å²) in [6, 6.07) is 9.24. The molecule has 1 spiro atoms. The van der Waals surface area contributed by atoms with Crippen molar-refractivity contribution in [3.63, 3.8) is 0 Å². The number of fused-ring (bicyclic) bond motifs is 1. The maximum atomic E-state index is 14.5. The summed E-state index contributed by atoms with van der Waals surface area (Å²) in [6.45, 7) is 8.88. The largest absolute Gasteiger partial charge is 0.395 e. The number of aliphatic hydroxyl groups is 1. The number of benzene rings is 1. The van der Waals surface area contributed by atoms with Crippen LogP contribution in [0.25, 0.3) is 0 Å². The van der Waals surface area contributed by atoms with Crippen molar-refractivity contribution < 1.29 is 19.5 Å². The fourth-order valence-electron chi connectivity index (χ4n) is 7.55. The molecule has 3 amide bonds. The lowest BCUT2D eigenvalue weighted by molar-refractivity contribution is -0.145. The Morgan fingerprint density at radius 3 is 2.45 bits per heavy atom. The number of nitrogens with zero attached hydrogens (tertiary/aromatic N) is 3. The van der Waals surface area contributed by atoms with E-state index in [9.17, 15) is 19.5 Å². The number of likely N-dealkylation sites (tertiary alicyclic amines) is 1. The van der Waals surface area contributed by atoms with E-state index in [0.717, 1.165) is 31.2 Å². The second-order valence-corrected chi connectivity index (χ2v) is 14.2. The molecule has 3 unspecified atom stereocenters. The lowest BCUT2D eigenvalue weighted by Crippen LogP contribution is -2.58. The van der Waals surface area contributed by atoms with Crippen LogP contribution in [0.5, 0.6) is 0 Å². The molecule has 3 heterocycles. The van der Waals surface area contributed by atoms with Crippen molar-refractivity contribution in [2.24, 2.45) is 11.8 Å². The molecule has 3 saturated heterocycles. The second-order valence-electron chi connectivity index (χ2n) is 11.5. The minimum absolute atomic E-state index is 0.00437. The number of amides is 3. The first-order chi connectivity index (χ1) is 19.4. The van der Waals surface area contributed by atoms with Crippen molar-refractivity contribution >= 4 is 45.4 Å². The molecule has 3 aliphatic heterocycles. The van der Waals surface area contributed by atoms with Gasteiger partial charge in [0.15, 0.2) is 0 Å². The van der Waals surface area contributed by atoms with Crippen molar-refractivity contribution in [1.82, 2.24) is 14.7 Å². The van der Waals surface area contributed by atoms with Crippen LogP contribution in [0.15, 0.2) is 55.6 Å².